The molecule has 6 heteroatoms. The van der Waals surface area contributed by atoms with Crippen LogP contribution < -0.4 is 5.32 Å². The van der Waals surface area contributed by atoms with Crippen molar-refractivity contribution in [3.63, 3.8) is 0 Å². The van der Waals surface area contributed by atoms with Crippen molar-refractivity contribution in [2.24, 2.45) is 5.18 Å². The van der Waals surface area contributed by atoms with Crippen LogP contribution in [0.1, 0.15) is 73.6 Å². The van der Waals surface area contributed by atoms with E-state index in [0.29, 0.717) is 11.3 Å². The molecule has 2 aromatic rings. The number of carbonyl (C=O) groups excluding carboxylic acids is 1. The monoisotopic (exact) mass is 394 g/mol. The normalized spacial score (nSPS) is 17.7. The number of anilines is 1. The summed E-state index contributed by atoms with van der Waals surface area (Å²) in [7, 11) is 0. The quantitative estimate of drug-likeness (QED) is 0.683. The Morgan fingerprint density at radius 2 is 1.55 bits per heavy atom. The van der Waals surface area contributed by atoms with E-state index < -0.39 is 17.9 Å². The number of fused-ring (bicyclic) bond motifs is 1. The van der Waals surface area contributed by atoms with Crippen molar-refractivity contribution >= 4 is 17.6 Å². The van der Waals surface area contributed by atoms with E-state index in [0.717, 1.165) is 18.4 Å². The molecule has 0 heterocycles. The highest BCUT2D eigenvalue weighted by atomic mass is 16.4. The molecule has 0 spiro atoms. The lowest BCUT2D eigenvalue weighted by atomic mass is 9.63. The maximum Gasteiger partial charge on any atom is 0.335 e. The highest BCUT2D eigenvalue weighted by Crippen LogP contribution is 2.46. The molecule has 0 aliphatic heterocycles. The average molecular weight is 394 g/mol. The second-order valence-electron chi connectivity index (χ2n) is 8.95. The van der Waals surface area contributed by atoms with Crippen LogP contribution in [-0.2, 0) is 15.6 Å². The van der Waals surface area contributed by atoms with Gasteiger partial charge >= 0.3 is 5.97 Å². The van der Waals surface area contributed by atoms with Gasteiger partial charge in [-0.05, 0) is 64.6 Å². The summed E-state index contributed by atoms with van der Waals surface area (Å²) in [4.78, 5) is 35.2. The lowest BCUT2D eigenvalue weighted by Gasteiger charge is -2.42. The molecule has 2 aromatic carbocycles. The van der Waals surface area contributed by atoms with Crippen LogP contribution in [0.2, 0.25) is 0 Å². The fourth-order valence-corrected chi connectivity index (χ4v) is 3.94. The molecule has 0 fully saturated rings. The molecule has 29 heavy (non-hydrogen) atoms. The van der Waals surface area contributed by atoms with Crippen LogP contribution >= 0.6 is 0 Å². The zero-order valence-corrected chi connectivity index (χ0v) is 17.2. The summed E-state index contributed by atoms with van der Waals surface area (Å²) < 4.78 is 0. The van der Waals surface area contributed by atoms with Gasteiger partial charge in [-0.25, -0.2) is 4.79 Å². The molecule has 0 radical (unpaired) electrons. The highest BCUT2D eigenvalue weighted by Gasteiger charge is 2.37. The molecule has 1 aliphatic carbocycles. The Hall–Kier alpha value is -3.02. The van der Waals surface area contributed by atoms with Crippen LogP contribution in [0.25, 0.3) is 0 Å². The van der Waals surface area contributed by atoms with Gasteiger partial charge in [0.15, 0.2) is 6.04 Å². The molecule has 1 unspecified atom stereocenters. The number of rotatable bonds is 5. The molecule has 0 saturated carbocycles. The number of carboxylic acid groups (broad SMARTS) is 1. The van der Waals surface area contributed by atoms with Gasteiger partial charge in [0, 0.05) is 5.69 Å². The van der Waals surface area contributed by atoms with E-state index in [-0.39, 0.29) is 16.4 Å². The van der Waals surface area contributed by atoms with E-state index in [1.165, 1.54) is 29.8 Å². The van der Waals surface area contributed by atoms with Crippen LogP contribution in [0, 0.1) is 4.91 Å². The lowest BCUT2D eigenvalue weighted by molar-refractivity contribution is -0.117. The molecule has 3 rings (SSSR count). The Morgan fingerprint density at radius 3 is 2.10 bits per heavy atom. The number of hydrogen-bond acceptors (Lipinski definition) is 4. The SMILES string of the molecule is CC1(C)CCC(C)(C)c2cc(C(N=O)C(=O)Nc3ccc(C(=O)O)cc3)ccc21. The zero-order chi connectivity index (χ0) is 21.4. The molecule has 1 atom stereocenters. The molecule has 0 saturated heterocycles. The van der Waals surface area contributed by atoms with E-state index in [2.05, 4.69) is 38.2 Å². The first kappa shape index (κ1) is 20.7. The summed E-state index contributed by atoms with van der Waals surface area (Å²) in [5.41, 5.74) is 3.48. The Kier molecular flexibility index (Phi) is 5.30. The number of carboxylic acids is 1. The van der Waals surface area contributed by atoms with Crippen molar-refractivity contribution < 1.29 is 14.7 Å². The second-order valence-corrected chi connectivity index (χ2v) is 8.95. The van der Waals surface area contributed by atoms with Gasteiger partial charge in [0.2, 0.25) is 0 Å². The maximum atomic E-state index is 12.7. The number of nitrogens with zero attached hydrogens (tertiary/aromatic N) is 1. The summed E-state index contributed by atoms with van der Waals surface area (Å²) in [5.74, 6) is -1.59. The van der Waals surface area contributed by atoms with Crippen LogP contribution in [0.4, 0.5) is 5.69 Å². The maximum absolute atomic E-state index is 12.7. The van der Waals surface area contributed by atoms with Gasteiger partial charge in [-0.15, -0.1) is 4.91 Å². The first-order valence-electron chi connectivity index (χ1n) is 9.67. The molecule has 1 aliphatic rings. The van der Waals surface area contributed by atoms with Gasteiger partial charge in [-0.2, -0.15) is 0 Å². The lowest BCUT2D eigenvalue weighted by Crippen LogP contribution is -2.34. The van der Waals surface area contributed by atoms with Crippen molar-refractivity contribution in [1.29, 1.82) is 0 Å². The van der Waals surface area contributed by atoms with E-state index in [1.54, 1.807) is 6.07 Å². The summed E-state index contributed by atoms with van der Waals surface area (Å²) in [6, 6.07) is 10.3. The van der Waals surface area contributed by atoms with Crippen molar-refractivity contribution in [3.05, 3.63) is 69.6 Å². The highest BCUT2D eigenvalue weighted by molar-refractivity contribution is 5.96. The van der Waals surface area contributed by atoms with Gasteiger partial charge in [0.25, 0.3) is 5.91 Å². The molecule has 1 amide bonds. The zero-order valence-electron chi connectivity index (χ0n) is 17.2. The third-order valence-electron chi connectivity index (χ3n) is 5.95. The van der Waals surface area contributed by atoms with Crippen molar-refractivity contribution in [1.82, 2.24) is 0 Å². The topological polar surface area (TPSA) is 95.8 Å². The molecular formula is C23H26N2O4. The number of benzene rings is 2. The molecule has 6 nitrogen and oxygen atoms in total. The standard InChI is InChI=1S/C23H26N2O4/c1-22(2)11-12-23(3,4)18-13-15(7-10-17(18)22)19(25-29)20(26)24-16-8-5-14(6-9-16)21(27)28/h5-10,13,19H,11-12H2,1-4H3,(H,24,26)(H,27,28). The van der Waals surface area contributed by atoms with E-state index >= 15 is 0 Å². The van der Waals surface area contributed by atoms with E-state index in [4.69, 9.17) is 5.11 Å². The van der Waals surface area contributed by atoms with Gasteiger partial charge in [0.1, 0.15) is 0 Å². The summed E-state index contributed by atoms with van der Waals surface area (Å²) in [6.45, 7) is 8.78. The molecular weight excluding hydrogens is 368 g/mol. The summed E-state index contributed by atoms with van der Waals surface area (Å²) in [5, 5.41) is 14.7. The van der Waals surface area contributed by atoms with E-state index in [9.17, 15) is 14.5 Å². The molecule has 152 valence electrons. The minimum absolute atomic E-state index is 0.0433. The number of amides is 1. The summed E-state index contributed by atoms with van der Waals surface area (Å²) in [6.07, 6.45) is 2.10. The van der Waals surface area contributed by atoms with Crippen LogP contribution in [0.3, 0.4) is 0 Å². The van der Waals surface area contributed by atoms with Gasteiger partial charge in [-0.1, -0.05) is 51.1 Å². The third kappa shape index (κ3) is 4.06. The predicted octanol–water partition coefficient (Wildman–Crippen LogP) is 5.18. The number of nitrogens with one attached hydrogen (secondary N) is 1. The predicted molar refractivity (Wildman–Crippen MR) is 112 cm³/mol. The molecule has 0 aromatic heterocycles. The fraction of sp³-hybridized carbons (Fsp3) is 0.391. The van der Waals surface area contributed by atoms with Gasteiger partial charge in [-0.3, -0.25) is 4.79 Å². The first-order chi connectivity index (χ1) is 13.5. The third-order valence-corrected chi connectivity index (χ3v) is 5.95. The number of aromatic carboxylic acids is 1. The number of hydrogen-bond donors (Lipinski definition) is 2. The van der Waals surface area contributed by atoms with Crippen LogP contribution in [0.15, 0.2) is 47.6 Å². The van der Waals surface area contributed by atoms with Crippen LogP contribution in [0.5, 0.6) is 0 Å². The van der Waals surface area contributed by atoms with E-state index in [1.807, 2.05) is 12.1 Å². The van der Waals surface area contributed by atoms with Crippen molar-refractivity contribution in [2.75, 3.05) is 5.32 Å². The smallest absolute Gasteiger partial charge is 0.335 e. The van der Waals surface area contributed by atoms with Crippen molar-refractivity contribution in [2.45, 2.75) is 57.4 Å². The summed E-state index contributed by atoms with van der Waals surface area (Å²) >= 11 is 0. The number of carbonyl (C=O) groups is 2. The van der Waals surface area contributed by atoms with Gasteiger partial charge < -0.3 is 10.4 Å². The minimum Gasteiger partial charge on any atom is -0.478 e. The fourth-order valence-electron chi connectivity index (χ4n) is 3.94. The minimum atomic E-state index is -1.18. The Labute approximate surface area is 170 Å². The Balaban J connectivity index is 1.89. The van der Waals surface area contributed by atoms with Crippen molar-refractivity contribution in [3.8, 4) is 0 Å². The number of nitroso groups, excluding NO2 is 1. The first-order valence-corrected chi connectivity index (χ1v) is 9.67. The Bertz CT molecular complexity index is 961. The Morgan fingerprint density at radius 1 is 0.966 bits per heavy atom. The van der Waals surface area contributed by atoms with Gasteiger partial charge in [0.05, 0.1) is 5.56 Å². The second kappa shape index (κ2) is 7.43. The van der Waals surface area contributed by atoms with Crippen LogP contribution in [-0.4, -0.2) is 17.0 Å². The molecule has 2 N–H and O–H groups in total. The average Bonchev–Trinajstić information content (AvgIpc) is 2.66. The largest absolute Gasteiger partial charge is 0.478 e. The molecule has 0 bridgehead atoms.